The molecule has 9 nitrogen and oxygen atoms in total. The predicted octanol–water partition coefficient (Wildman–Crippen LogP) is -0.829. The first-order valence-corrected chi connectivity index (χ1v) is 11.0. The topological polar surface area (TPSA) is 94.6 Å². The van der Waals surface area contributed by atoms with E-state index in [2.05, 4.69) is 48.3 Å². The van der Waals surface area contributed by atoms with Crippen LogP contribution in [0.5, 0.6) is 5.75 Å². The van der Waals surface area contributed by atoms with Gasteiger partial charge in [0.15, 0.2) is 6.04 Å². The van der Waals surface area contributed by atoms with Crippen LogP contribution in [0.1, 0.15) is 45.1 Å². The summed E-state index contributed by atoms with van der Waals surface area (Å²) < 4.78 is 7.53. The molecular formula is C22H33N7O2+2. The number of pyridine rings is 1. The first kappa shape index (κ1) is 21.5. The third-order valence-electron chi connectivity index (χ3n) is 6.01. The molecule has 1 fully saturated rings. The van der Waals surface area contributed by atoms with Gasteiger partial charge in [0.2, 0.25) is 5.82 Å². The van der Waals surface area contributed by atoms with Crippen molar-refractivity contribution >= 4 is 10.9 Å². The van der Waals surface area contributed by atoms with Crippen molar-refractivity contribution in [1.29, 1.82) is 0 Å². The Labute approximate surface area is 182 Å². The van der Waals surface area contributed by atoms with E-state index >= 15 is 0 Å². The van der Waals surface area contributed by atoms with Gasteiger partial charge in [-0.2, -0.15) is 0 Å². The van der Waals surface area contributed by atoms with Gasteiger partial charge in [-0.25, -0.2) is 4.68 Å². The van der Waals surface area contributed by atoms with Crippen LogP contribution >= 0.6 is 0 Å². The van der Waals surface area contributed by atoms with Crippen LogP contribution in [0.4, 0.5) is 0 Å². The van der Waals surface area contributed by atoms with E-state index < -0.39 is 0 Å². The number of aromatic nitrogens is 5. The monoisotopic (exact) mass is 427 g/mol. The van der Waals surface area contributed by atoms with E-state index in [1.807, 2.05) is 35.9 Å². The van der Waals surface area contributed by atoms with Crippen molar-refractivity contribution in [3.63, 3.8) is 0 Å². The minimum absolute atomic E-state index is 0.0936. The number of likely N-dealkylation sites (N-methyl/N-ethyl adjacent to an activating group) is 1. The Morgan fingerprint density at radius 2 is 1.94 bits per heavy atom. The zero-order valence-corrected chi connectivity index (χ0v) is 19.0. The number of piperazine rings is 1. The van der Waals surface area contributed by atoms with Crippen molar-refractivity contribution in [3.05, 3.63) is 46.0 Å². The quantitative estimate of drug-likeness (QED) is 0.494. The molecule has 2 aromatic heterocycles. The maximum atomic E-state index is 13.3. The normalized spacial score (nSPS) is 20.7. The maximum absolute atomic E-state index is 13.3. The van der Waals surface area contributed by atoms with E-state index in [0.717, 1.165) is 48.7 Å². The number of H-pyrrole nitrogens is 1. The average Bonchev–Trinajstić information content (AvgIpc) is 3.20. The Morgan fingerprint density at radius 1 is 1.19 bits per heavy atom. The molecule has 0 amide bonds. The Bertz CT molecular complexity index is 1110. The molecule has 166 valence electrons. The van der Waals surface area contributed by atoms with E-state index in [9.17, 15) is 4.79 Å². The molecule has 0 bridgehead atoms. The van der Waals surface area contributed by atoms with Crippen LogP contribution in [0, 0.1) is 0 Å². The number of nitrogens with zero attached hydrogens (tertiary/aromatic N) is 4. The largest absolute Gasteiger partial charge is 0.494 e. The smallest absolute Gasteiger partial charge is 0.258 e. The predicted molar refractivity (Wildman–Crippen MR) is 118 cm³/mol. The van der Waals surface area contributed by atoms with Crippen molar-refractivity contribution < 1.29 is 14.5 Å². The molecule has 9 heteroatoms. The lowest BCUT2D eigenvalue weighted by molar-refractivity contribution is -1.02. The van der Waals surface area contributed by atoms with Gasteiger partial charge >= 0.3 is 0 Å². The Kier molecular flexibility index (Phi) is 5.81. The van der Waals surface area contributed by atoms with Crippen LogP contribution in [0.15, 0.2) is 29.1 Å². The molecule has 0 saturated carbocycles. The molecule has 3 heterocycles. The van der Waals surface area contributed by atoms with E-state index in [0.29, 0.717) is 12.2 Å². The van der Waals surface area contributed by atoms with Gasteiger partial charge in [0, 0.05) is 10.9 Å². The van der Waals surface area contributed by atoms with Gasteiger partial charge in [-0.15, -0.1) is 5.10 Å². The van der Waals surface area contributed by atoms with E-state index in [1.54, 1.807) is 0 Å². The van der Waals surface area contributed by atoms with Gasteiger partial charge in [-0.05, 0) is 62.4 Å². The number of nitrogens with one attached hydrogen (secondary N) is 3. The van der Waals surface area contributed by atoms with Gasteiger partial charge in [0.1, 0.15) is 31.9 Å². The number of hydrogen-bond acceptors (Lipinski definition) is 5. The van der Waals surface area contributed by atoms with Crippen LogP contribution in [-0.4, -0.2) is 65.0 Å². The molecule has 1 aromatic carbocycles. The van der Waals surface area contributed by atoms with Crippen LogP contribution in [-0.2, 0) is 5.54 Å². The summed E-state index contributed by atoms with van der Waals surface area (Å²) in [5.41, 5.74) is 1.10. The zero-order valence-electron chi connectivity index (χ0n) is 19.0. The molecule has 0 radical (unpaired) electrons. The molecule has 31 heavy (non-hydrogen) atoms. The lowest BCUT2D eigenvalue weighted by Gasteiger charge is -2.33. The van der Waals surface area contributed by atoms with Crippen LogP contribution in [0.25, 0.3) is 10.9 Å². The lowest BCUT2D eigenvalue weighted by Crippen LogP contribution is -3.27. The van der Waals surface area contributed by atoms with E-state index in [1.165, 1.54) is 9.80 Å². The number of aromatic amines is 1. The van der Waals surface area contributed by atoms with Crippen LogP contribution in [0.2, 0.25) is 0 Å². The van der Waals surface area contributed by atoms with Crippen LogP contribution in [0.3, 0.4) is 0 Å². The Hall–Kier alpha value is -2.78. The molecule has 0 unspecified atom stereocenters. The molecule has 4 rings (SSSR count). The fourth-order valence-electron chi connectivity index (χ4n) is 4.35. The summed E-state index contributed by atoms with van der Waals surface area (Å²) in [6.07, 6.45) is 0. The molecule has 0 aliphatic carbocycles. The number of fused-ring (bicyclic) bond motifs is 1. The highest BCUT2D eigenvalue weighted by molar-refractivity contribution is 5.80. The second kappa shape index (κ2) is 8.39. The minimum atomic E-state index is -0.292. The van der Waals surface area contributed by atoms with Crippen molar-refractivity contribution in [2.45, 2.75) is 39.3 Å². The van der Waals surface area contributed by atoms with Crippen LogP contribution < -0.4 is 20.1 Å². The average molecular weight is 428 g/mol. The summed E-state index contributed by atoms with van der Waals surface area (Å²) in [4.78, 5) is 19.2. The van der Waals surface area contributed by atoms with Gasteiger partial charge < -0.3 is 19.5 Å². The van der Waals surface area contributed by atoms with Gasteiger partial charge in [-0.1, -0.05) is 0 Å². The number of tetrazole rings is 1. The standard InChI is InChI=1S/C22H31N7O2/c1-6-31-16-7-8-18-15(13-16)14-17(21(30)23-18)19(28-11-9-27(5)10-12-28)20-24-25-26-29(20)22(2,3)4/h7-8,13-14,19H,6,9-12H2,1-5H3,(H,23,30)/p+2/t19-/m0/s1. The summed E-state index contributed by atoms with van der Waals surface area (Å²) in [6, 6.07) is 7.50. The highest BCUT2D eigenvalue weighted by atomic mass is 16.5. The molecule has 0 spiro atoms. The van der Waals surface area contributed by atoms with Gasteiger partial charge in [-0.3, -0.25) is 4.79 Å². The number of rotatable bonds is 5. The number of hydrogen-bond donors (Lipinski definition) is 3. The first-order chi connectivity index (χ1) is 14.8. The minimum Gasteiger partial charge on any atom is -0.494 e. The molecule has 1 aliphatic heterocycles. The summed E-state index contributed by atoms with van der Waals surface area (Å²) in [5, 5.41) is 13.6. The van der Waals surface area contributed by atoms with Crippen molar-refractivity contribution in [2.75, 3.05) is 39.8 Å². The van der Waals surface area contributed by atoms with E-state index in [4.69, 9.17) is 4.74 Å². The molecule has 3 aromatic rings. The van der Waals surface area contributed by atoms with Gasteiger partial charge in [0.25, 0.3) is 5.56 Å². The molecular weight excluding hydrogens is 394 g/mol. The third kappa shape index (κ3) is 4.33. The third-order valence-corrected chi connectivity index (χ3v) is 6.01. The number of quaternary nitrogens is 2. The van der Waals surface area contributed by atoms with Crippen molar-refractivity contribution in [3.8, 4) is 5.75 Å². The summed E-state index contributed by atoms with van der Waals surface area (Å²) >= 11 is 0. The fraction of sp³-hybridized carbons (Fsp3) is 0.545. The second-order valence-corrected chi connectivity index (χ2v) is 9.40. The molecule has 1 saturated heterocycles. The highest BCUT2D eigenvalue weighted by Crippen LogP contribution is 2.24. The SMILES string of the molecule is CCOc1ccc2[nH]c(=O)c([C@@H](c3nnnn3C(C)(C)C)[NH+]3CC[NH+](C)CC3)cc2c1. The second-order valence-electron chi connectivity index (χ2n) is 9.40. The molecule has 1 atom stereocenters. The maximum Gasteiger partial charge on any atom is 0.258 e. The lowest BCUT2D eigenvalue weighted by atomic mass is 10.0. The first-order valence-electron chi connectivity index (χ1n) is 11.0. The summed E-state index contributed by atoms with van der Waals surface area (Å²) in [5.74, 6) is 1.52. The van der Waals surface area contributed by atoms with E-state index in [-0.39, 0.29) is 17.1 Å². The summed E-state index contributed by atoms with van der Waals surface area (Å²) in [6.45, 7) is 12.8. The Morgan fingerprint density at radius 3 is 2.61 bits per heavy atom. The molecule has 3 N–H and O–H groups in total. The Balaban J connectivity index is 1.87. The zero-order chi connectivity index (χ0) is 22.2. The number of ether oxygens (including phenoxy) is 1. The van der Waals surface area contributed by atoms with Gasteiger partial charge in [0.05, 0.1) is 24.8 Å². The number of benzene rings is 1. The van der Waals surface area contributed by atoms with Crippen molar-refractivity contribution in [2.24, 2.45) is 0 Å². The van der Waals surface area contributed by atoms with Crippen molar-refractivity contribution in [1.82, 2.24) is 25.2 Å². The summed E-state index contributed by atoms with van der Waals surface area (Å²) in [7, 11) is 2.21. The molecule has 1 aliphatic rings. The fourth-order valence-corrected chi connectivity index (χ4v) is 4.35. The highest BCUT2D eigenvalue weighted by Gasteiger charge is 2.38.